The number of halogens is 3. The number of benzene rings is 1. The summed E-state index contributed by atoms with van der Waals surface area (Å²) in [7, 11) is 0. The van der Waals surface area contributed by atoms with Gasteiger partial charge in [-0.1, -0.05) is 23.2 Å². The topological polar surface area (TPSA) is 46.2 Å². The van der Waals surface area contributed by atoms with Crippen molar-refractivity contribution < 1.29 is 9.50 Å². The van der Waals surface area contributed by atoms with Gasteiger partial charge in [0.05, 0.1) is 11.7 Å². The first-order valence-electron chi connectivity index (χ1n) is 4.05. The van der Waals surface area contributed by atoms with E-state index in [4.69, 9.17) is 28.9 Å². The SMILES string of the molecule is N[C@@H](CCF)c1cc(Cl)cc(Cl)c1O. The highest BCUT2D eigenvalue weighted by Gasteiger charge is 2.14. The van der Waals surface area contributed by atoms with Gasteiger partial charge in [0.25, 0.3) is 0 Å². The van der Waals surface area contributed by atoms with Gasteiger partial charge in [-0.05, 0) is 18.6 Å². The molecule has 0 bridgehead atoms. The molecule has 0 aromatic heterocycles. The van der Waals surface area contributed by atoms with Crippen molar-refractivity contribution in [3.8, 4) is 5.75 Å². The van der Waals surface area contributed by atoms with E-state index in [1.165, 1.54) is 12.1 Å². The van der Waals surface area contributed by atoms with Gasteiger partial charge in [0.2, 0.25) is 0 Å². The van der Waals surface area contributed by atoms with Crippen LogP contribution in [0.25, 0.3) is 0 Å². The standard InChI is InChI=1S/C9H10Cl2FNO/c10-5-3-6(8(13)1-2-12)9(14)7(11)4-5/h3-4,8,14H,1-2,13H2/t8-/m0/s1. The number of aromatic hydroxyl groups is 1. The van der Waals surface area contributed by atoms with Crippen molar-refractivity contribution in [2.45, 2.75) is 12.5 Å². The number of alkyl halides is 1. The normalized spacial score (nSPS) is 12.9. The second-order valence-corrected chi connectivity index (χ2v) is 3.75. The van der Waals surface area contributed by atoms with Crippen LogP contribution in [0.15, 0.2) is 12.1 Å². The van der Waals surface area contributed by atoms with Crippen molar-refractivity contribution in [2.75, 3.05) is 6.67 Å². The molecule has 5 heteroatoms. The first-order chi connectivity index (χ1) is 6.56. The van der Waals surface area contributed by atoms with Crippen molar-refractivity contribution >= 4 is 23.2 Å². The van der Waals surface area contributed by atoms with Crippen LogP contribution in [0.2, 0.25) is 10.0 Å². The van der Waals surface area contributed by atoms with E-state index in [0.717, 1.165) is 0 Å². The van der Waals surface area contributed by atoms with Crippen LogP contribution in [0, 0.1) is 0 Å². The molecule has 0 heterocycles. The van der Waals surface area contributed by atoms with Crippen LogP contribution in [-0.2, 0) is 0 Å². The van der Waals surface area contributed by atoms with Crippen molar-refractivity contribution in [2.24, 2.45) is 5.73 Å². The van der Waals surface area contributed by atoms with E-state index in [0.29, 0.717) is 10.6 Å². The van der Waals surface area contributed by atoms with E-state index in [1.807, 2.05) is 0 Å². The fourth-order valence-electron chi connectivity index (χ4n) is 1.14. The molecule has 0 amide bonds. The maximum Gasteiger partial charge on any atom is 0.139 e. The van der Waals surface area contributed by atoms with Gasteiger partial charge >= 0.3 is 0 Å². The molecule has 78 valence electrons. The molecule has 1 aromatic carbocycles. The maximum atomic E-state index is 12.0. The van der Waals surface area contributed by atoms with E-state index < -0.39 is 12.7 Å². The minimum absolute atomic E-state index is 0.127. The molecule has 0 aliphatic carbocycles. The molecule has 3 N–H and O–H groups in total. The highest BCUT2D eigenvalue weighted by Crippen LogP contribution is 2.34. The summed E-state index contributed by atoms with van der Waals surface area (Å²) in [6.45, 7) is -0.551. The van der Waals surface area contributed by atoms with Crippen LogP contribution in [0.4, 0.5) is 4.39 Å². The Morgan fingerprint density at radius 2 is 2.07 bits per heavy atom. The molecule has 0 aliphatic rings. The quantitative estimate of drug-likeness (QED) is 0.849. The van der Waals surface area contributed by atoms with Gasteiger partial charge in [-0.15, -0.1) is 0 Å². The van der Waals surface area contributed by atoms with Gasteiger partial charge in [-0.25, -0.2) is 0 Å². The van der Waals surface area contributed by atoms with Gasteiger partial charge in [0.1, 0.15) is 5.75 Å². The van der Waals surface area contributed by atoms with Crippen LogP contribution < -0.4 is 5.73 Å². The Hall–Kier alpha value is -0.510. The maximum absolute atomic E-state index is 12.0. The van der Waals surface area contributed by atoms with Crippen LogP contribution in [0.3, 0.4) is 0 Å². The Morgan fingerprint density at radius 3 is 2.64 bits per heavy atom. The average molecular weight is 238 g/mol. The average Bonchev–Trinajstić information content (AvgIpc) is 2.11. The van der Waals surface area contributed by atoms with E-state index in [9.17, 15) is 9.50 Å². The lowest BCUT2D eigenvalue weighted by atomic mass is 10.0. The molecular weight excluding hydrogens is 228 g/mol. The number of hydrogen-bond donors (Lipinski definition) is 2. The molecule has 0 radical (unpaired) electrons. The van der Waals surface area contributed by atoms with Crippen LogP contribution in [0.5, 0.6) is 5.75 Å². The minimum Gasteiger partial charge on any atom is -0.506 e. The first kappa shape index (κ1) is 11.6. The first-order valence-corrected chi connectivity index (χ1v) is 4.81. The highest BCUT2D eigenvalue weighted by molar-refractivity contribution is 6.35. The monoisotopic (exact) mass is 237 g/mol. The molecule has 0 spiro atoms. The van der Waals surface area contributed by atoms with Crippen LogP contribution in [0.1, 0.15) is 18.0 Å². The summed E-state index contributed by atoms with van der Waals surface area (Å²) < 4.78 is 12.0. The van der Waals surface area contributed by atoms with E-state index >= 15 is 0 Å². The zero-order valence-electron chi connectivity index (χ0n) is 7.30. The molecule has 0 saturated carbocycles. The molecule has 0 saturated heterocycles. The fraction of sp³-hybridized carbons (Fsp3) is 0.333. The molecule has 14 heavy (non-hydrogen) atoms. The van der Waals surface area contributed by atoms with Crippen LogP contribution >= 0.6 is 23.2 Å². The minimum atomic E-state index is -0.587. The lowest BCUT2D eigenvalue weighted by Crippen LogP contribution is -2.11. The number of nitrogens with two attached hydrogens (primary N) is 1. The summed E-state index contributed by atoms with van der Waals surface area (Å²) in [5.74, 6) is -0.128. The Labute approximate surface area is 91.4 Å². The Kier molecular flexibility index (Phi) is 3.98. The van der Waals surface area contributed by atoms with Crippen molar-refractivity contribution in [3.63, 3.8) is 0 Å². The second kappa shape index (κ2) is 4.82. The summed E-state index contributed by atoms with van der Waals surface area (Å²) in [6, 6.07) is 2.31. The van der Waals surface area contributed by atoms with E-state index in [1.54, 1.807) is 0 Å². The number of phenols is 1. The molecule has 1 atom stereocenters. The van der Waals surface area contributed by atoms with E-state index in [-0.39, 0.29) is 17.2 Å². The van der Waals surface area contributed by atoms with Gasteiger partial charge < -0.3 is 10.8 Å². The Morgan fingerprint density at radius 1 is 1.43 bits per heavy atom. The van der Waals surface area contributed by atoms with Gasteiger partial charge in [0, 0.05) is 16.6 Å². The smallest absolute Gasteiger partial charge is 0.139 e. The summed E-state index contributed by atoms with van der Waals surface area (Å²) in [4.78, 5) is 0. The predicted molar refractivity (Wildman–Crippen MR) is 55.6 cm³/mol. The molecule has 0 unspecified atom stereocenters. The van der Waals surface area contributed by atoms with Gasteiger partial charge in [-0.2, -0.15) is 0 Å². The van der Waals surface area contributed by atoms with Gasteiger partial charge in [0.15, 0.2) is 0 Å². The van der Waals surface area contributed by atoms with Crippen LogP contribution in [-0.4, -0.2) is 11.8 Å². The third-order valence-electron chi connectivity index (χ3n) is 1.88. The largest absolute Gasteiger partial charge is 0.506 e. The Balaban J connectivity index is 3.07. The zero-order chi connectivity index (χ0) is 10.7. The molecular formula is C9H10Cl2FNO. The third kappa shape index (κ3) is 2.50. The summed E-state index contributed by atoms with van der Waals surface area (Å²) in [5, 5.41) is 10.0. The molecule has 1 rings (SSSR count). The second-order valence-electron chi connectivity index (χ2n) is 2.91. The highest BCUT2D eigenvalue weighted by atomic mass is 35.5. The summed E-state index contributed by atoms with van der Waals surface area (Å²) in [6.07, 6.45) is 0.129. The zero-order valence-corrected chi connectivity index (χ0v) is 8.82. The Bertz CT molecular complexity index is 333. The molecule has 0 aliphatic heterocycles. The lowest BCUT2D eigenvalue weighted by Gasteiger charge is -2.13. The number of rotatable bonds is 3. The lowest BCUT2D eigenvalue weighted by molar-refractivity contribution is 0.424. The van der Waals surface area contributed by atoms with Gasteiger partial charge in [-0.3, -0.25) is 4.39 Å². The number of phenolic OH excluding ortho intramolecular Hbond substituents is 1. The molecule has 1 aromatic rings. The molecule has 0 fully saturated rings. The molecule has 2 nitrogen and oxygen atoms in total. The summed E-state index contributed by atoms with van der Waals surface area (Å²) in [5.41, 5.74) is 6.00. The summed E-state index contributed by atoms with van der Waals surface area (Å²) >= 11 is 11.4. The van der Waals surface area contributed by atoms with E-state index in [2.05, 4.69) is 0 Å². The predicted octanol–water partition coefficient (Wildman–Crippen LogP) is 3.06. The number of hydrogen-bond acceptors (Lipinski definition) is 2. The van der Waals surface area contributed by atoms with Crippen molar-refractivity contribution in [1.82, 2.24) is 0 Å². The van der Waals surface area contributed by atoms with Crippen molar-refractivity contribution in [3.05, 3.63) is 27.7 Å². The fourth-order valence-corrected chi connectivity index (χ4v) is 1.65. The third-order valence-corrected chi connectivity index (χ3v) is 2.38. The van der Waals surface area contributed by atoms with Crippen molar-refractivity contribution in [1.29, 1.82) is 0 Å².